The second-order valence-electron chi connectivity index (χ2n) is 6.16. The Morgan fingerprint density at radius 3 is 2.53 bits per heavy atom. The van der Waals surface area contributed by atoms with Crippen LogP contribution >= 0.6 is 0 Å². The molecule has 0 radical (unpaired) electrons. The first-order valence-corrected chi connectivity index (χ1v) is 7.13. The van der Waals surface area contributed by atoms with Crippen molar-refractivity contribution >= 4 is 0 Å². The maximum atomic E-state index is 5.85. The topological polar surface area (TPSA) is 21.3 Å². The summed E-state index contributed by atoms with van der Waals surface area (Å²) < 4.78 is 5.85. The average Bonchev–Trinajstić information content (AvgIpc) is 2.40. The van der Waals surface area contributed by atoms with E-state index < -0.39 is 0 Å². The first kappa shape index (κ1) is 14.1. The van der Waals surface area contributed by atoms with Crippen molar-refractivity contribution in [2.75, 3.05) is 13.7 Å². The van der Waals surface area contributed by atoms with Crippen LogP contribution in [0.1, 0.15) is 50.8 Å². The number of likely N-dealkylation sites (N-methyl/N-ethyl adjacent to an activating group) is 1. The molecule has 2 rings (SSSR count). The van der Waals surface area contributed by atoms with Gasteiger partial charge in [-0.25, -0.2) is 0 Å². The maximum absolute atomic E-state index is 5.85. The Morgan fingerprint density at radius 1 is 1.21 bits per heavy atom. The Kier molecular flexibility index (Phi) is 4.31. The monoisotopic (exact) mass is 259 g/mol. The SMILES string of the molecule is CNC(C1=CCCCO1)c1ccccc1C(C)(C)C. The molecule has 0 aliphatic carbocycles. The van der Waals surface area contributed by atoms with E-state index in [2.05, 4.69) is 56.4 Å². The molecule has 2 heteroatoms. The molecular formula is C17H25NO. The van der Waals surface area contributed by atoms with Crippen LogP contribution in [0.25, 0.3) is 0 Å². The van der Waals surface area contributed by atoms with Gasteiger partial charge in [0.15, 0.2) is 0 Å². The molecule has 19 heavy (non-hydrogen) atoms. The number of hydrogen-bond donors (Lipinski definition) is 1. The summed E-state index contributed by atoms with van der Waals surface area (Å²) >= 11 is 0. The third-order valence-corrected chi connectivity index (χ3v) is 3.62. The number of benzene rings is 1. The summed E-state index contributed by atoms with van der Waals surface area (Å²) in [7, 11) is 2.00. The van der Waals surface area contributed by atoms with Crippen molar-refractivity contribution in [1.82, 2.24) is 5.32 Å². The summed E-state index contributed by atoms with van der Waals surface area (Å²) in [6.07, 6.45) is 4.47. The third-order valence-electron chi connectivity index (χ3n) is 3.62. The van der Waals surface area contributed by atoms with Gasteiger partial charge in [0.2, 0.25) is 0 Å². The second kappa shape index (κ2) is 5.79. The molecule has 1 aliphatic rings. The van der Waals surface area contributed by atoms with Gasteiger partial charge in [-0.1, -0.05) is 45.0 Å². The van der Waals surface area contributed by atoms with E-state index in [0.29, 0.717) is 0 Å². The molecule has 1 aromatic carbocycles. The van der Waals surface area contributed by atoms with Crippen LogP contribution in [-0.4, -0.2) is 13.7 Å². The molecule has 0 amide bonds. The van der Waals surface area contributed by atoms with E-state index in [1.165, 1.54) is 11.1 Å². The fourth-order valence-electron chi connectivity index (χ4n) is 2.66. The Labute approximate surface area is 116 Å². The lowest BCUT2D eigenvalue weighted by molar-refractivity contribution is 0.169. The molecule has 1 aromatic rings. The van der Waals surface area contributed by atoms with E-state index in [9.17, 15) is 0 Å². The van der Waals surface area contributed by atoms with E-state index in [0.717, 1.165) is 25.2 Å². The van der Waals surface area contributed by atoms with Crippen LogP contribution in [0.2, 0.25) is 0 Å². The lowest BCUT2D eigenvalue weighted by atomic mass is 9.81. The molecule has 0 aromatic heterocycles. The van der Waals surface area contributed by atoms with Crippen molar-refractivity contribution in [2.24, 2.45) is 0 Å². The standard InChI is InChI=1S/C17H25NO/c1-17(2,3)14-10-6-5-9-13(14)16(18-4)15-11-7-8-12-19-15/h5-6,9-11,16,18H,7-8,12H2,1-4H3. The average molecular weight is 259 g/mol. The highest BCUT2D eigenvalue weighted by Crippen LogP contribution is 2.33. The highest BCUT2D eigenvalue weighted by atomic mass is 16.5. The number of hydrogen-bond acceptors (Lipinski definition) is 2. The van der Waals surface area contributed by atoms with E-state index in [1.54, 1.807) is 0 Å². The Morgan fingerprint density at radius 2 is 1.95 bits per heavy atom. The largest absolute Gasteiger partial charge is 0.496 e. The molecular weight excluding hydrogens is 234 g/mol. The predicted octanol–water partition coefficient (Wildman–Crippen LogP) is 3.94. The highest BCUT2D eigenvalue weighted by Gasteiger charge is 2.25. The summed E-state index contributed by atoms with van der Waals surface area (Å²) in [5.74, 6) is 1.07. The second-order valence-corrected chi connectivity index (χ2v) is 6.16. The third kappa shape index (κ3) is 3.19. The Hall–Kier alpha value is -1.28. The van der Waals surface area contributed by atoms with E-state index in [4.69, 9.17) is 4.74 Å². The first-order chi connectivity index (χ1) is 9.04. The van der Waals surface area contributed by atoms with Crippen LogP contribution in [-0.2, 0) is 10.2 Å². The molecule has 0 bridgehead atoms. The van der Waals surface area contributed by atoms with Crippen molar-refractivity contribution in [2.45, 2.75) is 45.1 Å². The van der Waals surface area contributed by atoms with Crippen LogP contribution in [0.3, 0.4) is 0 Å². The maximum Gasteiger partial charge on any atom is 0.113 e. The molecule has 1 atom stereocenters. The molecule has 1 heterocycles. The van der Waals surface area contributed by atoms with Crippen molar-refractivity contribution in [3.05, 3.63) is 47.2 Å². The zero-order valence-corrected chi connectivity index (χ0v) is 12.5. The number of ether oxygens (including phenoxy) is 1. The molecule has 1 N–H and O–H groups in total. The van der Waals surface area contributed by atoms with Gasteiger partial charge in [-0.3, -0.25) is 0 Å². The van der Waals surface area contributed by atoms with E-state index in [-0.39, 0.29) is 11.5 Å². The lowest BCUT2D eigenvalue weighted by Crippen LogP contribution is -2.26. The van der Waals surface area contributed by atoms with Gasteiger partial charge < -0.3 is 10.1 Å². The molecule has 0 saturated carbocycles. The smallest absolute Gasteiger partial charge is 0.113 e. The first-order valence-electron chi connectivity index (χ1n) is 7.13. The van der Waals surface area contributed by atoms with E-state index in [1.807, 2.05) is 7.05 Å². The number of rotatable bonds is 3. The van der Waals surface area contributed by atoms with Crippen LogP contribution < -0.4 is 5.32 Å². The van der Waals surface area contributed by atoms with E-state index >= 15 is 0 Å². The van der Waals surface area contributed by atoms with Crippen molar-refractivity contribution in [3.8, 4) is 0 Å². The fraction of sp³-hybridized carbons (Fsp3) is 0.529. The van der Waals surface area contributed by atoms with Gasteiger partial charge >= 0.3 is 0 Å². The summed E-state index contributed by atoms with van der Waals surface area (Å²) in [6.45, 7) is 7.61. The van der Waals surface area contributed by atoms with Crippen molar-refractivity contribution in [1.29, 1.82) is 0 Å². The van der Waals surface area contributed by atoms with Crippen LogP contribution in [0, 0.1) is 0 Å². The summed E-state index contributed by atoms with van der Waals surface area (Å²) in [6, 6.07) is 8.82. The molecule has 1 aliphatic heterocycles. The van der Waals surface area contributed by atoms with Crippen molar-refractivity contribution in [3.63, 3.8) is 0 Å². The molecule has 0 spiro atoms. The van der Waals surface area contributed by atoms with Gasteiger partial charge in [0, 0.05) is 0 Å². The number of allylic oxidation sites excluding steroid dienone is 1. The molecule has 1 unspecified atom stereocenters. The van der Waals surface area contributed by atoms with Crippen LogP contribution in [0.4, 0.5) is 0 Å². The zero-order valence-electron chi connectivity index (χ0n) is 12.5. The number of nitrogens with one attached hydrogen (secondary N) is 1. The molecule has 2 nitrogen and oxygen atoms in total. The van der Waals surface area contributed by atoms with Gasteiger partial charge in [-0.05, 0) is 42.5 Å². The quantitative estimate of drug-likeness (QED) is 0.887. The normalized spacial score (nSPS) is 17.6. The lowest BCUT2D eigenvalue weighted by Gasteiger charge is -2.29. The molecule has 104 valence electrons. The van der Waals surface area contributed by atoms with Gasteiger partial charge in [0.25, 0.3) is 0 Å². The van der Waals surface area contributed by atoms with Gasteiger partial charge in [-0.2, -0.15) is 0 Å². The summed E-state index contributed by atoms with van der Waals surface area (Å²) in [5.41, 5.74) is 2.84. The minimum absolute atomic E-state index is 0.140. The molecule has 0 saturated heterocycles. The van der Waals surface area contributed by atoms with Crippen LogP contribution in [0.15, 0.2) is 36.1 Å². The molecule has 0 fully saturated rings. The Bertz CT molecular complexity index is 457. The minimum atomic E-state index is 0.140. The predicted molar refractivity (Wildman–Crippen MR) is 80.2 cm³/mol. The van der Waals surface area contributed by atoms with Gasteiger partial charge in [0.1, 0.15) is 5.76 Å². The van der Waals surface area contributed by atoms with Crippen LogP contribution in [0.5, 0.6) is 0 Å². The summed E-state index contributed by atoms with van der Waals surface area (Å²) in [5, 5.41) is 3.41. The van der Waals surface area contributed by atoms with Crippen molar-refractivity contribution < 1.29 is 4.74 Å². The zero-order chi connectivity index (χ0) is 13.9. The van der Waals surface area contributed by atoms with Gasteiger partial charge in [-0.15, -0.1) is 0 Å². The Balaban J connectivity index is 2.41. The van der Waals surface area contributed by atoms with Gasteiger partial charge in [0.05, 0.1) is 12.6 Å². The minimum Gasteiger partial charge on any atom is -0.496 e. The summed E-state index contributed by atoms with van der Waals surface area (Å²) in [4.78, 5) is 0. The highest BCUT2D eigenvalue weighted by molar-refractivity contribution is 5.38. The fourth-order valence-corrected chi connectivity index (χ4v) is 2.66.